The summed E-state index contributed by atoms with van der Waals surface area (Å²) in [6.45, 7) is 7.99. The van der Waals surface area contributed by atoms with Crippen molar-refractivity contribution in [3.8, 4) is 0 Å². The van der Waals surface area contributed by atoms with E-state index in [0.29, 0.717) is 5.92 Å². The molecule has 2 fully saturated rings. The fourth-order valence-electron chi connectivity index (χ4n) is 4.00. The van der Waals surface area contributed by atoms with Gasteiger partial charge in [-0.1, -0.05) is 6.07 Å². The molecule has 146 valence electrons. The number of aromatic nitrogens is 3. The Balaban J connectivity index is 1.25. The Morgan fingerprint density at radius 2 is 2.15 bits per heavy atom. The van der Waals surface area contributed by atoms with Crippen molar-refractivity contribution in [2.24, 2.45) is 10.9 Å². The number of hydrogen-bond acceptors (Lipinski definition) is 5. The van der Waals surface area contributed by atoms with Crippen molar-refractivity contribution in [2.45, 2.75) is 12.8 Å². The van der Waals surface area contributed by atoms with Gasteiger partial charge in [0, 0.05) is 58.9 Å². The monoisotopic (exact) mass is 371 g/mol. The number of morpholine rings is 1. The number of guanidine groups is 1. The molecule has 0 bridgehead atoms. The summed E-state index contributed by atoms with van der Waals surface area (Å²) in [6, 6.07) is 5.96. The van der Waals surface area contributed by atoms with Gasteiger partial charge in [-0.15, -0.1) is 10.2 Å². The molecule has 0 spiro atoms. The summed E-state index contributed by atoms with van der Waals surface area (Å²) in [5, 5.41) is 12.0. The first-order valence-electron chi connectivity index (χ1n) is 9.88. The lowest BCUT2D eigenvalue weighted by Gasteiger charge is -2.29. The molecule has 1 unspecified atom stereocenters. The lowest BCUT2D eigenvalue weighted by Crippen LogP contribution is -2.42. The zero-order valence-corrected chi connectivity index (χ0v) is 16.0. The predicted octanol–water partition coefficient (Wildman–Crippen LogP) is 0.501. The van der Waals surface area contributed by atoms with Crippen molar-refractivity contribution in [1.82, 2.24) is 29.7 Å². The predicted molar refractivity (Wildman–Crippen MR) is 105 cm³/mol. The van der Waals surface area contributed by atoms with Crippen molar-refractivity contribution in [3.63, 3.8) is 0 Å². The minimum absolute atomic E-state index is 0.710. The van der Waals surface area contributed by atoms with Crippen molar-refractivity contribution in [2.75, 3.05) is 59.5 Å². The molecule has 0 amide bonds. The second kappa shape index (κ2) is 8.67. The Morgan fingerprint density at radius 1 is 1.26 bits per heavy atom. The third-order valence-electron chi connectivity index (χ3n) is 5.43. The topological polar surface area (TPSA) is 70.3 Å². The molecule has 8 nitrogen and oxygen atoms in total. The van der Waals surface area contributed by atoms with Crippen LogP contribution in [-0.2, 0) is 11.2 Å². The van der Waals surface area contributed by atoms with Gasteiger partial charge >= 0.3 is 0 Å². The first-order valence-corrected chi connectivity index (χ1v) is 9.88. The van der Waals surface area contributed by atoms with Crippen molar-refractivity contribution >= 4 is 11.6 Å². The van der Waals surface area contributed by atoms with Gasteiger partial charge in [0.1, 0.15) is 5.82 Å². The van der Waals surface area contributed by atoms with E-state index in [-0.39, 0.29) is 0 Å². The third-order valence-corrected chi connectivity index (χ3v) is 5.43. The van der Waals surface area contributed by atoms with E-state index >= 15 is 0 Å². The largest absolute Gasteiger partial charge is 0.379 e. The van der Waals surface area contributed by atoms with Gasteiger partial charge in [-0.3, -0.25) is 14.3 Å². The first kappa shape index (κ1) is 18.2. The van der Waals surface area contributed by atoms with Gasteiger partial charge in [0.2, 0.25) is 0 Å². The summed E-state index contributed by atoms with van der Waals surface area (Å²) in [7, 11) is 1.87. The van der Waals surface area contributed by atoms with Crippen molar-refractivity contribution < 1.29 is 4.74 Å². The van der Waals surface area contributed by atoms with Crippen LogP contribution in [0, 0.1) is 5.92 Å². The normalized spacial score (nSPS) is 21.9. The standard InChI is InChI=1S/C19H29N7O/c1-20-19(21-7-5-18-23-22-17-4-2-3-8-26(17)18)25-9-6-16(15-25)14-24-10-12-27-13-11-24/h2-4,8,16H,5-7,9-15H2,1H3,(H,20,21). The van der Waals surface area contributed by atoms with E-state index in [1.165, 1.54) is 13.0 Å². The highest BCUT2D eigenvalue weighted by Crippen LogP contribution is 2.18. The maximum Gasteiger partial charge on any atom is 0.193 e. The van der Waals surface area contributed by atoms with Crippen LogP contribution in [0.4, 0.5) is 0 Å². The molecule has 0 aliphatic carbocycles. The second-order valence-corrected chi connectivity index (χ2v) is 7.28. The van der Waals surface area contributed by atoms with E-state index in [1.807, 2.05) is 35.8 Å². The van der Waals surface area contributed by atoms with Crippen LogP contribution in [0.1, 0.15) is 12.2 Å². The first-order chi connectivity index (χ1) is 13.3. The lowest BCUT2D eigenvalue weighted by molar-refractivity contribution is 0.0315. The highest BCUT2D eigenvalue weighted by molar-refractivity contribution is 5.80. The molecule has 2 aliphatic heterocycles. The van der Waals surface area contributed by atoms with Gasteiger partial charge in [0.15, 0.2) is 11.6 Å². The molecule has 4 heterocycles. The van der Waals surface area contributed by atoms with Crippen molar-refractivity contribution in [3.05, 3.63) is 30.2 Å². The minimum atomic E-state index is 0.710. The number of rotatable bonds is 5. The van der Waals surface area contributed by atoms with Crippen LogP contribution in [-0.4, -0.2) is 89.9 Å². The number of ether oxygens (including phenoxy) is 1. The van der Waals surface area contributed by atoms with Crippen molar-refractivity contribution in [1.29, 1.82) is 0 Å². The van der Waals surface area contributed by atoms with Crippen LogP contribution < -0.4 is 5.32 Å². The summed E-state index contributed by atoms with van der Waals surface area (Å²) in [6.07, 6.45) is 4.05. The molecule has 0 saturated carbocycles. The summed E-state index contributed by atoms with van der Waals surface area (Å²) in [4.78, 5) is 9.40. The highest BCUT2D eigenvalue weighted by Gasteiger charge is 2.27. The van der Waals surface area contributed by atoms with Gasteiger partial charge in [-0.2, -0.15) is 0 Å². The molecule has 1 N–H and O–H groups in total. The third kappa shape index (κ3) is 4.39. The Hall–Kier alpha value is -2.19. The molecular weight excluding hydrogens is 342 g/mol. The number of nitrogens with zero attached hydrogens (tertiary/aromatic N) is 6. The molecule has 2 saturated heterocycles. The molecule has 1 atom stereocenters. The number of aliphatic imine (C=N–C) groups is 1. The van der Waals surface area contributed by atoms with Crippen LogP contribution in [0.25, 0.3) is 5.65 Å². The maximum absolute atomic E-state index is 5.45. The summed E-state index contributed by atoms with van der Waals surface area (Å²) in [5.74, 6) is 2.68. The van der Waals surface area contributed by atoms with Gasteiger partial charge in [0.05, 0.1) is 13.2 Å². The number of fused-ring (bicyclic) bond motifs is 1. The molecule has 2 aliphatic rings. The second-order valence-electron chi connectivity index (χ2n) is 7.28. The van der Waals surface area contributed by atoms with Gasteiger partial charge in [-0.05, 0) is 24.5 Å². The molecular formula is C19H29N7O. The molecule has 8 heteroatoms. The summed E-state index contributed by atoms with van der Waals surface area (Å²) in [5.41, 5.74) is 0.891. The van der Waals surface area contributed by atoms with E-state index < -0.39 is 0 Å². The van der Waals surface area contributed by atoms with Crippen LogP contribution in [0.5, 0.6) is 0 Å². The zero-order valence-electron chi connectivity index (χ0n) is 16.0. The van der Waals surface area contributed by atoms with E-state index in [0.717, 1.165) is 69.8 Å². The molecule has 27 heavy (non-hydrogen) atoms. The summed E-state index contributed by atoms with van der Waals surface area (Å²) >= 11 is 0. The van der Waals surface area contributed by atoms with E-state index in [9.17, 15) is 0 Å². The zero-order chi connectivity index (χ0) is 18.5. The van der Waals surface area contributed by atoms with Gasteiger partial charge < -0.3 is 15.0 Å². The number of pyridine rings is 1. The van der Waals surface area contributed by atoms with E-state index in [4.69, 9.17) is 4.74 Å². The van der Waals surface area contributed by atoms with E-state index in [2.05, 4.69) is 30.3 Å². The Morgan fingerprint density at radius 3 is 3.00 bits per heavy atom. The molecule has 0 radical (unpaired) electrons. The lowest BCUT2D eigenvalue weighted by atomic mass is 10.1. The number of nitrogens with one attached hydrogen (secondary N) is 1. The molecule has 2 aromatic rings. The van der Waals surface area contributed by atoms with Crippen LogP contribution >= 0.6 is 0 Å². The molecule has 2 aromatic heterocycles. The molecule has 0 aromatic carbocycles. The maximum atomic E-state index is 5.45. The Bertz CT molecular complexity index is 768. The van der Waals surface area contributed by atoms with Gasteiger partial charge in [0.25, 0.3) is 0 Å². The molecule has 4 rings (SSSR count). The fraction of sp³-hybridized carbons (Fsp3) is 0.632. The fourth-order valence-corrected chi connectivity index (χ4v) is 4.00. The smallest absolute Gasteiger partial charge is 0.193 e. The highest BCUT2D eigenvalue weighted by atomic mass is 16.5. The SMILES string of the molecule is CN=C(NCCc1nnc2ccccn12)N1CCC(CN2CCOCC2)C1. The Kier molecular flexibility index (Phi) is 5.84. The minimum Gasteiger partial charge on any atom is -0.379 e. The number of likely N-dealkylation sites (tertiary alicyclic amines) is 1. The van der Waals surface area contributed by atoms with Crippen LogP contribution in [0.3, 0.4) is 0 Å². The average Bonchev–Trinajstić information content (AvgIpc) is 3.33. The quantitative estimate of drug-likeness (QED) is 0.610. The van der Waals surface area contributed by atoms with E-state index in [1.54, 1.807) is 0 Å². The Labute approximate surface area is 160 Å². The van der Waals surface area contributed by atoms with Crippen LogP contribution in [0.2, 0.25) is 0 Å². The summed E-state index contributed by atoms with van der Waals surface area (Å²) < 4.78 is 7.49. The average molecular weight is 371 g/mol. The van der Waals surface area contributed by atoms with Gasteiger partial charge in [-0.25, -0.2) is 0 Å². The van der Waals surface area contributed by atoms with Crippen LogP contribution in [0.15, 0.2) is 29.4 Å². The number of hydrogen-bond donors (Lipinski definition) is 1.